The molecule has 0 unspecified atom stereocenters. The number of halogens is 2. The summed E-state index contributed by atoms with van der Waals surface area (Å²) in [4.78, 5) is 4.81. The summed E-state index contributed by atoms with van der Waals surface area (Å²) < 4.78 is 8.08. The molecule has 0 aliphatic rings. The lowest BCUT2D eigenvalue weighted by Gasteiger charge is -2.08. The van der Waals surface area contributed by atoms with Gasteiger partial charge in [0.15, 0.2) is 0 Å². The molecule has 5 aromatic rings. The minimum Gasteiger partial charge on any atom is -0.489 e. The zero-order valence-electron chi connectivity index (χ0n) is 19.3. The van der Waals surface area contributed by atoms with Gasteiger partial charge in [-0.1, -0.05) is 77.8 Å². The lowest BCUT2D eigenvalue weighted by molar-refractivity contribution is 0.306. The van der Waals surface area contributed by atoms with Crippen LogP contribution in [-0.4, -0.2) is 9.55 Å². The van der Waals surface area contributed by atoms with E-state index in [9.17, 15) is 0 Å². The summed E-state index contributed by atoms with van der Waals surface area (Å²) >= 11 is 12.4. The van der Waals surface area contributed by atoms with Crippen LogP contribution >= 0.6 is 23.2 Å². The topological polar surface area (TPSA) is 27.1 Å². The van der Waals surface area contributed by atoms with Gasteiger partial charge < -0.3 is 9.30 Å². The molecule has 0 radical (unpaired) electrons. The molecule has 174 valence electrons. The molecule has 1 aromatic heterocycles. The molecule has 0 aliphatic carbocycles. The Morgan fingerprint density at radius 2 is 1.66 bits per heavy atom. The summed E-state index contributed by atoms with van der Waals surface area (Å²) in [5, 5.41) is 3.50. The monoisotopic (exact) mass is 498 g/mol. The summed E-state index contributed by atoms with van der Waals surface area (Å²) in [6, 6.07) is 28.3. The molecular weight excluding hydrogens is 475 g/mol. The lowest BCUT2D eigenvalue weighted by atomic mass is 10.1. The molecule has 3 nitrogen and oxygen atoms in total. The van der Waals surface area contributed by atoms with Crippen LogP contribution in [0.2, 0.25) is 10.0 Å². The molecule has 4 aromatic carbocycles. The highest BCUT2D eigenvalue weighted by atomic mass is 35.5. The molecule has 0 bridgehead atoms. The maximum absolute atomic E-state index is 6.40. The number of hydrogen-bond donors (Lipinski definition) is 0. The van der Waals surface area contributed by atoms with Crippen LogP contribution in [0.25, 0.3) is 34.2 Å². The molecule has 1 heterocycles. The number of aromatic nitrogens is 2. The van der Waals surface area contributed by atoms with Gasteiger partial charge in [-0.3, -0.25) is 0 Å². The minimum atomic E-state index is 0.556. The van der Waals surface area contributed by atoms with Crippen molar-refractivity contribution in [2.75, 3.05) is 0 Å². The van der Waals surface area contributed by atoms with Crippen LogP contribution in [0.15, 0.2) is 91.1 Å². The van der Waals surface area contributed by atoms with Crippen LogP contribution in [0.5, 0.6) is 5.75 Å². The average molecular weight is 499 g/mol. The molecule has 0 N–H and O–H groups in total. The molecule has 5 heteroatoms. The number of ether oxygens (including phenoxy) is 1. The van der Waals surface area contributed by atoms with E-state index in [1.54, 1.807) is 6.07 Å². The number of fused-ring (bicyclic) bond motifs is 1. The highest BCUT2D eigenvalue weighted by Crippen LogP contribution is 2.30. The quantitative estimate of drug-likeness (QED) is 0.224. The van der Waals surface area contributed by atoms with E-state index < -0.39 is 0 Å². The molecule has 0 fully saturated rings. The Morgan fingerprint density at radius 1 is 0.857 bits per heavy atom. The predicted octanol–water partition coefficient (Wildman–Crippen LogP) is 8.78. The number of nitrogens with zero attached hydrogens (tertiary/aromatic N) is 2. The highest BCUT2D eigenvalue weighted by Gasteiger charge is 2.10. The summed E-state index contributed by atoms with van der Waals surface area (Å²) in [6.45, 7) is 3.46. The fourth-order valence-corrected chi connectivity index (χ4v) is 4.50. The van der Waals surface area contributed by atoms with E-state index >= 15 is 0 Å². The van der Waals surface area contributed by atoms with E-state index in [2.05, 4.69) is 60.0 Å². The summed E-state index contributed by atoms with van der Waals surface area (Å²) in [7, 11) is 0. The standard InChI is InChI=1S/C30H24Cl2N2O/c1-2-34-19-29(27-14-12-25(31)18-28(27)32)33-30(34)15-9-21-8-10-24-17-26(13-11-23(24)16-21)35-20-22-6-4-3-5-7-22/h3-19H,2,20H2,1H3/b15-9+. The Kier molecular flexibility index (Phi) is 6.89. The highest BCUT2D eigenvalue weighted by molar-refractivity contribution is 6.36. The molecule has 5 rings (SSSR count). The van der Waals surface area contributed by atoms with Crippen LogP contribution in [0.4, 0.5) is 0 Å². The summed E-state index contributed by atoms with van der Waals surface area (Å²) in [5.41, 5.74) is 3.95. The van der Waals surface area contributed by atoms with E-state index in [-0.39, 0.29) is 0 Å². The fraction of sp³-hybridized carbons (Fsp3) is 0.100. The van der Waals surface area contributed by atoms with Crippen LogP contribution < -0.4 is 4.74 Å². The Labute approximate surface area is 215 Å². The first-order valence-corrected chi connectivity index (χ1v) is 12.3. The number of benzene rings is 4. The number of hydrogen-bond acceptors (Lipinski definition) is 2. The third-order valence-corrected chi connectivity index (χ3v) is 6.41. The van der Waals surface area contributed by atoms with Gasteiger partial charge in [-0.25, -0.2) is 4.98 Å². The number of aryl methyl sites for hydroxylation is 1. The van der Waals surface area contributed by atoms with E-state index in [0.717, 1.165) is 51.3 Å². The smallest absolute Gasteiger partial charge is 0.133 e. The van der Waals surface area contributed by atoms with Crippen molar-refractivity contribution in [1.82, 2.24) is 9.55 Å². The predicted molar refractivity (Wildman–Crippen MR) is 147 cm³/mol. The van der Waals surface area contributed by atoms with Gasteiger partial charge in [-0.05, 0) is 71.3 Å². The second kappa shape index (κ2) is 10.4. The SMILES string of the molecule is CCn1cc(-c2ccc(Cl)cc2Cl)nc1/C=C/c1ccc2cc(OCc3ccccc3)ccc2c1. The molecule has 0 aliphatic heterocycles. The van der Waals surface area contributed by atoms with Gasteiger partial charge in [-0.2, -0.15) is 0 Å². The summed E-state index contributed by atoms with van der Waals surface area (Å²) in [5.74, 6) is 1.74. The maximum Gasteiger partial charge on any atom is 0.133 e. The minimum absolute atomic E-state index is 0.556. The zero-order valence-corrected chi connectivity index (χ0v) is 20.8. The van der Waals surface area contributed by atoms with Gasteiger partial charge in [0.2, 0.25) is 0 Å². The van der Waals surface area contributed by atoms with E-state index in [1.807, 2.05) is 48.7 Å². The molecule has 35 heavy (non-hydrogen) atoms. The molecule has 0 saturated carbocycles. The second-order valence-corrected chi connectivity index (χ2v) is 9.11. The van der Waals surface area contributed by atoms with Crippen molar-refractivity contribution < 1.29 is 4.74 Å². The number of imidazole rings is 1. The van der Waals surface area contributed by atoms with Crippen molar-refractivity contribution in [2.24, 2.45) is 0 Å². The number of rotatable bonds is 7. The van der Waals surface area contributed by atoms with Crippen molar-refractivity contribution in [2.45, 2.75) is 20.1 Å². The van der Waals surface area contributed by atoms with Crippen molar-refractivity contribution in [1.29, 1.82) is 0 Å². The zero-order chi connectivity index (χ0) is 24.2. The largest absolute Gasteiger partial charge is 0.489 e. The lowest BCUT2D eigenvalue weighted by Crippen LogP contribution is -1.95. The molecule has 0 atom stereocenters. The summed E-state index contributed by atoms with van der Waals surface area (Å²) in [6.07, 6.45) is 6.14. The first-order valence-electron chi connectivity index (χ1n) is 11.5. The van der Waals surface area contributed by atoms with Crippen LogP contribution in [0, 0.1) is 0 Å². The van der Waals surface area contributed by atoms with Gasteiger partial charge in [-0.15, -0.1) is 0 Å². The van der Waals surface area contributed by atoms with Gasteiger partial charge in [0, 0.05) is 23.3 Å². The third kappa shape index (κ3) is 5.43. The van der Waals surface area contributed by atoms with E-state index in [1.165, 1.54) is 0 Å². The molecule has 0 spiro atoms. The van der Waals surface area contributed by atoms with Crippen molar-refractivity contribution in [3.05, 3.63) is 118 Å². The third-order valence-electron chi connectivity index (χ3n) is 5.86. The van der Waals surface area contributed by atoms with Crippen LogP contribution in [-0.2, 0) is 13.2 Å². The Morgan fingerprint density at radius 3 is 2.46 bits per heavy atom. The molecule has 0 saturated heterocycles. The Bertz CT molecular complexity index is 1510. The average Bonchev–Trinajstić information content (AvgIpc) is 3.29. The Balaban J connectivity index is 1.35. The van der Waals surface area contributed by atoms with Crippen molar-refractivity contribution >= 4 is 46.1 Å². The molecule has 0 amide bonds. The fourth-order valence-electron chi connectivity index (χ4n) is 3.99. The maximum atomic E-state index is 6.40. The van der Waals surface area contributed by atoms with Gasteiger partial charge in [0.05, 0.1) is 10.7 Å². The van der Waals surface area contributed by atoms with Crippen molar-refractivity contribution in [3.8, 4) is 17.0 Å². The van der Waals surface area contributed by atoms with Gasteiger partial charge in [0.1, 0.15) is 18.2 Å². The Hall–Kier alpha value is -3.53. The molecular formula is C30H24Cl2N2O. The normalized spacial score (nSPS) is 11.4. The van der Waals surface area contributed by atoms with Crippen molar-refractivity contribution in [3.63, 3.8) is 0 Å². The van der Waals surface area contributed by atoms with Crippen LogP contribution in [0.3, 0.4) is 0 Å². The van der Waals surface area contributed by atoms with E-state index in [0.29, 0.717) is 16.7 Å². The van der Waals surface area contributed by atoms with E-state index in [4.69, 9.17) is 32.9 Å². The first kappa shape index (κ1) is 23.2. The second-order valence-electron chi connectivity index (χ2n) is 8.27. The van der Waals surface area contributed by atoms with Gasteiger partial charge >= 0.3 is 0 Å². The first-order chi connectivity index (χ1) is 17.1. The van der Waals surface area contributed by atoms with Crippen LogP contribution in [0.1, 0.15) is 23.9 Å². The van der Waals surface area contributed by atoms with Gasteiger partial charge in [0.25, 0.3) is 0 Å².